The molecule has 0 spiro atoms. The Kier molecular flexibility index (Phi) is 17.9. The molecule has 0 heterocycles. The van der Waals surface area contributed by atoms with Gasteiger partial charge in [-0.25, -0.2) is 14.4 Å². The number of methoxy groups -OCH3 is 5. The average molecular weight is 712 g/mol. The molecule has 2 N–H and O–H groups in total. The smallest absolute Gasteiger partial charge is 0.414 e. The van der Waals surface area contributed by atoms with Crippen molar-refractivity contribution < 1.29 is 62.5 Å². The first-order valence-electron chi connectivity index (χ1n) is 15.7. The van der Waals surface area contributed by atoms with Crippen LogP contribution in [-0.4, -0.2) is 108 Å². The second-order valence-corrected chi connectivity index (χ2v) is 10.7. The van der Waals surface area contributed by atoms with E-state index >= 15 is 0 Å². The van der Waals surface area contributed by atoms with Gasteiger partial charge in [0.25, 0.3) is 0 Å². The number of carboxylic acid groups (broad SMARTS) is 2. The fraction of sp³-hybridized carbons (Fsp3) is 0.351. The van der Waals surface area contributed by atoms with Gasteiger partial charge in [0.05, 0.1) is 48.8 Å². The lowest BCUT2D eigenvalue weighted by atomic mass is 9.91. The maximum atomic E-state index is 13.2. The first-order valence-corrected chi connectivity index (χ1v) is 15.7. The standard InChI is InChI=1S/C35H43NO9.C2H2O4/c1-36(19-7-21-44-32(37)18-9-25-23-30(41-4)34(43-6)31(24-25)42-5)20-8-22-45-35(38)33(26-10-14-28(39-2)15-11-26)27-12-16-29(40-3)17-13-27;3-1(4)2(5)6/h9-18,23-24,33H,7-8,19-22H2,1-6H3;(H,3,4)(H,5,6)/b18-9+;. The van der Waals surface area contributed by atoms with Crippen molar-refractivity contribution in [3.63, 3.8) is 0 Å². The first kappa shape index (κ1) is 41.4. The van der Waals surface area contributed by atoms with Crippen molar-refractivity contribution in [2.75, 3.05) is 68.9 Å². The zero-order chi connectivity index (χ0) is 37.8. The summed E-state index contributed by atoms with van der Waals surface area (Å²) in [5, 5.41) is 14.8. The van der Waals surface area contributed by atoms with E-state index in [9.17, 15) is 9.59 Å². The molecule has 0 fully saturated rings. The molecular weight excluding hydrogens is 666 g/mol. The molecule has 0 aliphatic rings. The Balaban J connectivity index is 0.00000138. The van der Waals surface area contributed by atoms with Gasteiger partial charge < -0.3 is 48.3 Å². The van der Waals surface area contributed by atoms with Gasteiger partial charge >= 0.3 is 23.9 Å². The minimum absolute atomic E-state index is 0.281. The minimum Gasteiger partial charge on any atom is -0.497 e. The van der Waals surface area contributed by atoms with Crippen molar-refractivity contribution >= 4 is 30.0 Å². The van der Waals surface area contributed by atoms with Crippen LogP contribution in [-0.2, 0) is 28.7 Å². The van der Waals surface area contributed by atoms with Crippen LogP contribution in [0.5, 0.6) is 28.7 Å². The molecule has 3 aromatic carbocycles. The van der Waals surface area contributed by atoms with Crippen molar-refractivity contribution in [2.45, 2.75) is 18.8 Å². The fourth-order valence-electron chi connectivity index (χ4n) is 4.68. The number of aliphatic carboxylic acids is 2. The van der Waals surface area contributed by atoms with E-state index in [2.05, 4.69) is 4.90 Å². The molecule has 0 aliphatic carbocycles. The largest absolute Gasteiger partial charge is 0.497 e. The summed E-state index contributed by atoms with van der Waals surface area (Å²) in [6.45, 7) is 2.01. The third-order valence-electron chi connectivity index (χ3n) is 7.27. The van der Waals surface area contributed by atoms with Crippen LogP contribution in [0.15, 0.2) is 66.7 Å². The van der Waals surface area contributed by atoms with E-state index < -0.39 is 23.8 Å². The zero-order valence-corrected chi connectivity index (χ0v) is 29.6. The van der Waals surface area contributed by atoms with Gasteiger partial charge in [-0.15, -0.1) is 0 Å². The average Bonchev–Trinajstić information content (AvgIpc) is 3.14. The fourth-order valence-corrected chi connectivity index (χ4v) is 4.68. The molecule has 3 aromatic rings. The Labute approximate surface area is 297 Å². The molecule has 276 valence electrons. The van der Waals surface area contributed by atoms with Gasteiger partial charge in [-0.05, 0) is 79.1 Å². The summed E-state index contributed by atoms with van der Waals surface area (Å²) in [6.07, 6.45) is 4.33. The maximum absolute atomic E-state index is 13.2. The molecule has 14 nitrogen and oxygen atoms in total. The molecule has 0 aromatic heterocycles. The molecule has 0 radical (unpaired) electrons. The zero-order valence-electron chi connectivity index (χ0n) is 29.6. The lowest BCUT2D eigenvalue weighted by molar-refractivity contribution is -0.159. The predicted molar refractivity (Wildman–Crippen MR) is 187 cm³/mol. The Morgan fingerprint density at radius 3 is 1.51 bits per heavy atom. The molecule has 0 atom stereocenters. The van der Waals surface area contributed by atoms with Crippen molar-refractivity contribution in [2.24, 2.45) is 0 Å². The quantitative estimate of drug-likeness (QED) is 0.0814. The molecular formula is C37H45NO13. The highest BCUT2D eigenvalue weighted by Gasteiger charge is 2.24. The van der Waals surface area contributed by atoms with Crippen molar-refractivity contribution in [1.29, 1.82) is 0 Å². The topological polar surface area (TPSA) is 177 Å². The third kappa shape index (κ3) is 13.9. The highest BCUT2D eigenvalue weighted by atomic mass is 16.5. The molecule has 0 saturated carbocycles. The van der Waals surface area contributed by atoms with Crippen LogP contribution in [0.4, 0.5) is 0 Å². The Morgan fingerprint density at radius 2 is 1.12 bits per heavy atom. The SMILES string of the molecule is COc1ccc(C(C(=O)OCCCN(C)CCCOC(=O)/C=C/c2cc(OC)c(OC)c(OC)c2)c2ccc(OC)cc2)cc1.O=C(O)C(=O)O. The molecule has 0 amide bonds. The second kappa shape index (κ2) is 22.1. The highest BCUT2D eigenvalue weighted by molar-refractivity contribution is 6.27. The van der Waals surface area contributed by atoms with Crippen LogP contribution >= 0.6 is 0 Å². The molecule has 14 heteroatoms. The number of carboxylic acids is 2. The van der Waals surface area contributed by atoms with E-state index in [4.69, 9.17) is 53.0 Å². The number of nitrogens with zero attached hydrogens (tertiary/aromatic N) is 1. The maximum Gasteiger partial charge on any atom is 0.414 e. The number of carbonyl (C=O) groups excluding carboxylic acids is 2. The minimum atomic E-state index is -1.82. The summed E-state index contributed by atoms with van der Waals surface area (Å²) in [7, 11) is 9.78. The summed E-state index contributed by atoms with van der Waals surface area (Å²) < 4.78 is 37.6. The van der Waals surface area contributed by atoms with E-state index in [0.29, 0.717) is 47.2 Å². The second-order valence-electron chi connectivity index (χ2n) is 10.7. The van der Waals surface area contributed by atoms with Crippen LogP contribution in [0.1, 0.15) is 35.4 Å². The van der Waals surface area contributed by atoms with Gasteiger partial charge in [0.15, 0.2) is 11.5 Å². The van der Waals surface area contributed by atoms with Gasteiger partial charge in [0, 0.05) is 19.2 Å². The molecule has 0 saturated heterocycles. The Bertz CT molecular complexity index is 1500. The van der Waals surface area contributed by atoms with E-state index in [-0.39, 0.29) is 19.2 Å². The van der Waals surface area contributed by atoms with Crippen LogP contribution in [0.2, 0.25) is 0 Å². The van der Waals surface area contributed by atoms with E-state index in [1.165, 1.54) is 27.4 Å². The third-order valence-corrected chi connectivity index (χ3v) is 7.27. The summed E-state index contributed by atoms with van der Waals surface area (Å²) >= 11 is 0. The number of benzene rings is 3. The number of carbonyl (C=O) groups is 4. The summed E-state index contributed by atoms with van der Waals surface area (Å²) in [5.41, 5.74) is 2.34. The number of hydrogen-bond donors (Lipinski definition) is 2. The van der Waals surface area contributed by atoms with Gasteiger partial charge in [-0.1, -0.05) is 24.3 Å². The Morgan fingerprint density at radius 1 is 0.667 bits per heavy atom. The van der Waals surface area contributed by atoms with Crippen LogP contribution < -0.4 is 23.7 Å². The summed E-state index contributed by atoms with van der Waals surface area (Å²) in [4.78, 5) is 45.8. The first-order chi connectivity index (χ1) is 24.5. The lowest BCUT2D eigenvalue weighted by Gasteiger charge is -2.19. The summed E-state index contributed by atoms with van der Waals surface area (Å²) in [6, 6.07) is 18.3. The van der Waals surface area contributed by atoms with Gasteiger partial charge in [0.2, 0.25) is 5.75 Å². The van der Waals surface area contributed by atoms with Gasteiger partial charge in [-0.3, -0.25) is 4.79 Å². The molecule has 0 bridgehead atoms. The molecule has 3 rings (SSSR count). The van der Waals surface area contributed by atoms with Gasteiger partial charge in [-0.2, -0.15) is 0 Å². The predicted octanol–water partition coefficient (Wildman–Crippen LogP) is 4.53. The van der Waals surface area contributed by atoms with Crippen LogP contribution in [0.3, 0.4) is 0 Å². The summed E-state index contributed by atoms with van der Waals surface area (Å²) in [5.74, 6) is -2.08. The number of ether oxygens (including phenoxy) is 7. The normalized spacial score (nSPS) is 10.6. The van der Waals surface area contributed by atoms with E-state index in [0.717, 1.165) is 24.2 Å². The monoisotopic (exact) mass is 711 g/mol. The van der Waals surface area contributed by atoms with Gasteiger partial charge in [0.1, 0.15) is 17.4 Å². The molecule has 0 unspecified atom stereocenters. The highest BCUT2D eigenvalue weighted by Crippen LogP contribution is 2.38. The number of hydrogen-bond acceptors (Lipinski definition) is 12. The van der Waals surface area contributed by atoms with Crippen LogP contribution in [0, 0.1) is 0 Å². The van der Waals surface area contributed by atoms with Crippen molar-refractivity contribution in [3.05, 3.63) is 83.4 Å². The molecule has 51 heavy (non-hydrogen) atoms. The number of rotatable bonds is 18. The van der Waals surface area contributed by atoms with E-state index in [1.807, 2.05) is 55.6 Å². The van der Waals surface area contributed by atoms with Crippen LogP contribution in [0.25, 0.3) is 6.08 Å². The Hall–Kier alpha value is -5.76. The molecule has 0 aliphatic heterocycles. The lowest BCUT2D eigenvalue weighted by Crippen LogP contribution is -2.24. The van der Waals surface area contributed by atoms with E-state index in [1.54, 1.807) is 32.4 Å². The van der Waals surface area contributed by atoms with Crippen molar-refractivity contribution in [1.82, 2.24) is 4.90 Å². The number of esters is 2. The van der Waals surface area contributed by atoms with Crippen molar-refractivity contribution in [3.8, 4) is 28.7 Å².